The Morgan fingerprint density at radius 2 is 1.95 bits per heavy atom. The second kappa shape index (κ2) is 5.53. The topological polar surface area (TPSA) is 68.0 Å². The van der Waals surface area contributed by atoms with E-state index in [2.05, 4.69) is 38.1 Å². The van der Waals surface area contributed by atoms with Crippen LogP contribution >= 0.6 is 11.6 Å². The zero-order valence-corrected chi connectivity index (χ0v) is 12.6. The predicted molar refractivity (Wildman–Crippen MR) is 83.7 cm³/mol. The normalized spacial score (nSPS) is 16.4. The number of hydrogen-bond donors (Lipinski definition) is 1. The molecule has 4 rings (SSSR count). The van der Waals surface area contributed by atoms with E-state index in [0.717, 1.165) is 10.8 Å². The van der Waals surface area contributed by atoms with Crippen molar-refractivity contribution < 1.29 is 0 Å². The molecule has 1 aromatic carbocycles. The Morgan fingerprint density at radius 3 is 2.68 bits per heavy atom. The molecule has 1 atom stereocenters. The number of benzene rings is 1. The molecule has 0 aliphatic heterocycles. The van der Waals surface area contributed by atoms with Crippen molar-refractivity contribution in [1.82, 2.24) is 25.3 Å². The molecular formula is C15H15ClN6. The minimum atomic E-state index is 0.229. The number of tetrazole rings is 1. The summed E-state index contributed by atoms with van der Waals surface area (Å²) in [5.41, 5.74) is 1.87. The second-order valence-electron chi connectivity index (χ2n) is 5.61. The summed E-state index contributed by atoms with van der Waals surface area (Å²) >= 11 is 6.00. The van der Waals surface area contributed by atoms with Crippen molar-refractivity contribution in [3.05, 3.63) is 47.0 Å². The number of halogens is 1. The van der Waals surface area contributed by atoms with Gasteiger partial charge in [0.1, 0.15) is 5.82 Å². The van der Waals surface area contributed by atoms with Gasteiger partial charge >= 0.3 is 0 Å². The Morgan fingerprint density at radius 1 is 1.14 bits per heavy atom. The second-order valence-corrected chi connectivity index (χ2v) is 6.05. The van der Waals surface area contributed by atoms with E-state index in [-0.39, 0.29) is 6.04 Å². The summed E-state index contributed by atoms with van der Waals surface area (Å²) in [5, 5.41) is 20.0. The van der Waals surface area contributed by atoms with Gasteiger partial charge in [-0.25, -0.2) is 0 Å². The number of fused-ring (bicyclic) bond motifs is 1. The van der Waals surface area contributed by atoms with E-state index in [0.29, 0.717) is 11.6 Å². The Bertz CT molecular complexity index is 780. The predicted octanol–water partition coefficient (Wildman–Crippen LogP) is 3.13. The molecule has 22 heavy (non-hydrogen) atoms. The van der Waals surface area contributed by atoms with Crippen LogP contribution in [-0.2, 0) is 0 Å². The van der Waals surface area contributed by atoms with Gasteiger partial charge in [0.15, 0.2) is 5.65 Å². The lowest BCUT2D eigenvalue weighted by Crippen LogP contribution is -2.27. The first kappa shape index (κ1) is 13.5. The number of anilines is 1. The molecule has 0 amide bonds. The summed E-state index contributed by atoms with van der Waals surface area (Å²) in [6, 6.07) is 12.0. The third-order valence-corrected chi connectivity index (χ3v) is 4.48. The number of nitrogens with one attached hydrogen (secondary N) is 1. The lowest BCUT2D eigenvalue weighted by Gasteiger charge is -2.35. The summed E-state index contributed by atoms with van der Waals surface area (Å²) in [5.74, 6) is 1.39. The van der Waals surface area contributed by atoms with Crippen molar-refractivity contribution in [1.29, 1.82) is 0 Å². The van der Waals surface area contributed by atoms with Gasteiger partial charge < -0.3 is 5.32 Å². The van der Waals surface area contributed by atoms with Gasteiger partial charge in [-0.05, 0) is 59.0 Å². The maximum absolute atomic E-state index is 6.00. The van der Waals surface area contributed by atoms with Gasteiger partial charge in [0.05, 0.1) is 6.04 Å². The van der Waals surface area contributed by atoms with E-state index in [9.17, 15) is 0 Å². The van der Waals surface area contributed by atoms with Crippen molar-refractivity contribution in [2.45, 2.75) is 25.3 Å². The van der Waals surface area contributed by atoms with Crippen LogP contribution in [0.4, 0.5) is 5.82 Å². The monoisotopic (exact) mass is 314 g/mol. The lowest BCUT2D eigenvalue weighted by atomic mass is 9.77. The fraction of sp³-hybridized carbons (Fsp3) is 0.333. The van der Waals surface area contributed by atoms with E-state index < -0.39 is 0 Å². The standard InChI is InChI=1S/C15H15ClN6/c16-12-6-4-11(5-7-12)15(10-2-1-3-10)17-13-8-9-14-18-20-21-22(14)19-13/h4-10,15H,1-3H2,(H,17,19)/t15-/m1/s1. The minimum absolute atomic E-state index is 0.229. The largest absolute Gasteiger partial charge is 0.361 e. The highest BCUT2D eigenvalue weighted by atomic mass is 35.5. The molecule has 1 aliphatic carbocycles. The molecule has 0 saturated heterocycles. The van der Waals surface area contributed by atoms with Gasteiger partial charge in [0.2, 0.25) is 0 Å². The van der Waals surface area contributed by atoms with E-state index in [4.69, 9.17) is 11.6 Å². The Kier molecular flexibility index (Phi) is 3.38. The quantitative estimate of drug-likeness (QED) is 0.801. The van der Waals surface area contributed by atoms with Crippen LogP contribution in [0.3, 0.4) is 0 Å². The molecule has 3 aromatic rings. The molecule has 1 saturated carbocycles. The maximum Gasteiger partial charge on any atom is 0.200 e. The van der Waals surface area contributed by atoms with Crippen LogP contribution in [0.15, 0.2) is 36.4 Å². The maximum atomic E-state index is 6.00. The smallest absolute Gasteiger partial charge is 0.200 e. The number of rotatable bonds is 4. The van der Waals surface area contributed by atoms with Gasteiger partial charge in [0.25, 0.3) is 0 Å². The van der Waals surface area contributed by atoms with Crippen LogP contribution in [-0.4, -0.2) is 25.3 Å². The minimum Gasteiger partial charge on any atom is -0.361 e. The fourth-order valence-electron chi connectivity index (χ4n) is 2.80. The molecule has 6 nitrogen and oxygen atoms in total. The highest BCUT2D eigenvalue weighted by Crippen LogP contribution is 2.39. The molecule has 1 fully saturated rings. The SMILES string of the molecule is Clc1ccc([C@H](Nc2ccc3nnnn3n2)C2CCC2)cc1. The molecule has 0 bridgehead atoms. The zero-order valence-electron chi connectivity index (χ0n) is 11.9. The highest BCUT2D eigenvalue weighted by molar-refractivity contribution is 6.30. The van der Waals surface area contributed by atoms with Crippen LogP contribution in [0.1, 0.15) is 30.9 Å². The number of hydrogen-bond acceptors (Lipinski definition) is 5. The lowest BCUT2D eigenvalue weighted by molar-refractivity contribution is 0.276. The third kappa shape index (κ3) is 2.50. The van der Waals surface area contributed by atoms with Crippen LogP contribution in [0.5, 0.6) is 0 Å². The first-order valence-electron chi connectivity index (χ1n) is 7.37. The van der Waals surface area contributed by atoms with Crippen LogP contribution < -0.4 is 5.32 Å². The molecule has 112 valence electrons. The van der Waals surface area contributed by atoms with E-state index in [1.54, 1.807) is 0 Å². The van der Waals surface area contributed by atoms with Gasteiger partial charge in [-0.15, -0.1) is 14.8 Å². The summed E-state index contributed by atoms with van der Waals surface area (Å²) in [7, 11) is 0. The molecule has 1 N–H and O–H groups in total. The molecule has 2 aromatic heterocycles. The summed E-state index contributed by atoms with van der Waals surface area (Å²) in [6.45, 7) is 0. The molecule has 0 unspecified atom stereocenters. The molecule has 0 spiro atoms. The van der Waals surface area contributed by atoms with Gasteiger partial charge in [-0.2, -0.15) is 0 Å². The van der Waals surface area contributed by atoms with Crippen molar-refractivity contribution in [2.24, 2.45) is 5.92 Å². The molecule has 2 heterocycles. The van der Waals surface area contributed by atoms with Crippen molar-refractivity contribution in [2.75, 3.05) is 5.32 Å². The van der Waals surface area contributed by atoms with Gasteiger partial charge in [-0.1, -0.05) is 30.2 Å². The van der Waals surface area contributed by atoms with Gasteiger partial charge in [0, 0.05) is 5.02 Å². The van der Waals surface area contributed by atoms with Crippen molar-refractivity contribution in [3.8, 4) is 0 Å². The average Bonchev–Trinajstić information content (AvgIpc) is 2.93. The van der Waals surface area contributed by atoms with E-state index in [1.807, 2.05) is 24.3 Å². The Hall–Kier alpha value is -2.21. The van der Waals surface area contributed by atoms with E-state index >= 15 is 0 Å². The van der Waals surface area contributed by atoms with Crippen LogP contribution in [0, 0.1) is 5.92 Å². The van der Waals surface area contributed by atoms with E-state index in [1.165, 1.54) is 29.5 Å². The van der Waals surface area contributed by atoms with Crippen LogP contribution in [0.2, 0.25) is 5.02 Å². The van der Waals surface area contributed by atoms with Gasteiger partial charge in [-0.3, -0.25) is 0 Å². The first-order valence-corrected chi connectivity index (χ1v) is 7.75. The van der Waals surface area contributed by atoms with Crippen molar-refractivity contribution >= 4 is 23.1 Å². The molecule has 1 aliphatic rings. The third-order valence-electron chi connectivity index (χ3n) is 4.22. The molecule has 0 radical (unpaired) electrons. The van der Waals surface area contributed by atoms with Crippen LogP contribution in [0.25, 0.3) is 5.65 Å². The zero-order chi connectivity index (χ0) is 14.9. The average molecular weight is 315 g/mol. The summed E-state index contributed by atoms with van der Waals surface area (Å²) in [4.78, 5) is 0. The number of nitrogens with zero attached hydrogens (tertiary/aromatic N) is 5. The van der Waals surface area contributed by atoms with Crippen molar-refractivity contribution in [3.63, 3.8) is 0 Å². The molecule has 7 heteroatoms. The Labute approximate surface area is 132 Å². The summed E-state index contributed by atoms with van der Waals surface area (Å²) < 4.78 is 1.43. The fourth-order valence-corrected chi connectivity index (χ4v) is 2.93. The first-order chi connectivity index (χ1) is 10.8. The Balaban J connectivity index is 1.64. The molecular weight excluding hydrogens is 300 g/mol. The summed E-state index contributed by atoms with van der Waals surface area (Å²) in [6.07, 6.45) is 3.75. The highest BCUT2D eigenvalue weighted by Gasteiger charge is 2.28. The number of aromatic nitrogens is 5.